The quantitative estimate of drug-likeness (QED) is 0.423. The molecule has 1 amide bonds. The van der Waals surface area contributed by atoms with Gasteiger partial charge in [0.15, 0.2) is 5.17 Å². The Kier molecular flexibility index (Phi) is 6.95. The molecule has 1 aromatic heterocycles. The minimum Gasteiger partial charge on any atom is -0.466 e. The molecular formula is C28H28N4O3S. The predicted octanol–water partition coefficient (Wildman–Crippen LogP) is 5.05. The second-order valence-electron chi connectivity index (χ2n) is 8.65. The van der Waals surface area contributed by atoms with Gasteiger partial charge in [-0.2, -0.15) is 0 Å². The smallest absolute Gasteiger partial charge is 0.338 e. The molecule has 0 saturated carbocycles. The number of carbonyl (C=O) groups is 2. The number of ether oxygens (including phenoxy) is 1. The molecule has 1 atom stereocenters. The summed E-state index contributed by atoms with van der Waals surface area (Å²) in [5, 5.41) is 6.96. The van der Waals surface area contributed by atoms with Crippen LogP contribution in [-0.4, -0.2) is 40.6 Å². The first kappa shape index (κ1) is 23.9. The number of H-pyrrole nitrogens is 1. The zero-order valence-corrected chi connectivity index (χ0v) is 21.1. The number of nitrogens with zero attached hydrogens (tertiary/aromatic N) is 2. The molecule has 184 valence electrons. The molecule has 2 aliphatic heterocycles. The van der Waals surface area contributed by atoms with Gasteiger partial charge in [0, 0.05) is 29.3 Å². The highest BCUT2D eigenvalue weighted by atomic mass is 32.2. The lowest BCUT2D eigenvalue weighted by Gasteiger charge is -2.36. The van der Waals surface area contributed by atoms with Gasteiger partial charge in [0.1, 0.15) is 0 Å². The van der Waals surface area contributed by atoms with E-state index in [1.165, 1.54) is 29.8 Å². The summed E-state index contributed by atoms with van der Waals surface area (Å²) in [5.41, 5.74) is 5.27. The number of amidine groups is 1. The highest BCUT2D eigenvalue weighted by molar-refractivity contribution is 8.16. The van der Waals surface area contributed by atoms with Crippen LogP contribution in [-0.2, 0) is 20.7 Å². The summed E-state index contributed by atoms with van der Waals surface area (Å²) in [4.78, 5) is 35.9. The molecule has 3 aromatic rings. The van der Waals surface area contributed by atoms with E-state index in [-0.39, 0.29) is 12.3 Å². The number of aliphatic imine (C=N–C) groups is 1. The van der Waals surface area contributed by atoms with Gasteiger partial charge >= 0.3 is 5.97 Å². The number of nitrogens with one attached hydrogen (secondary N) is 2. The number of aromatic amines is 1. The number of aromatic nitrogens is 1. The van der Waals surface area contributed by atoms with Crippen LogP contribution in [0.1, 0.15) is 36.9 Å². The lowest BCUT2D eigenvalue weighted by molar-refractivity contribution is -0.136. The second-order valence-corrected chi connectivity index (χ2v) is 9.48. The highest BCUT2D eigenvalue weighted by Crippen LogP contribution is 2.45. The van der Waals surface area contributed by atoms with E-state index in [0.717, 1.165) is 28.4 Å². The van der Waals surface area contributed by atoms with Gasteiger partial charge in [0.05, 0.1) is 30.8 Å². The Bertz CT molecular complexity index is 1390. The molecular weight excluding hydrogens is 472 g/mol. The van der Waals surface area contributed by atoms with Gasteiger partial charge in [0.25, 0.3) is 0 Å². The van der Waals surface area contributed by atoms with Gasteiger partial charge < -0.3 is 19.9 Å². The first-order valence-electron chi connectivity index (χ1n) is 12.0. The third-order valence-electron chi connectivity index (χ3n) is 6.48. The van der Waals surface area contributed by atoms with Crippen LogP contribution in [0, 0.1) is 0 Å². The topological polar surface area (TPSA) is 86.8 Å². The van der Waals surface area contributed by atoms with E-state index in [2.05, 4.69) is 16.4 Å². The fourth-order valence-corrected chi connectivity index (χ4v) is 5.70. The largest absolute Gasteiger partial charge is 0.466 e. The number of fused-ring (bicyclic) bond motifs is 2. The maximum Gasteiger partial charge on any atom is 0.338 e. The number of carbonyl (C=O) groups excluding carboxylic acids is 2. The molecule has 0 spiro atoms. The Morgan fingerprint density at radius 1 is 1.14 bits per heavy atom. The Hall–Kier alpha value is -3.78. The summed E-state index contributed by atoms with van der Waals surface area (Å²) in [6, 6.07) is 17.6. The minimum absolute atomic E-state index is 0.0698. The van der Waals surface area contributed by atoms with Crippen LogP contribution in [0.5, 0.6) is 0 Å². The first-order chi connectivity index (χ1) is 17.6. The molecule has 7 nitrogen and oxygen atoms in total. The lowest BCUT2D eigenvalue weighted by atomic mass is 9.93. The number of para-hydroxylation sites is 1. The van der Waals surface area contributed by atoms with Crippen molar-refractivity contribution in [2.24, 2.45) is 4.99 Å². The Labute approximate surface area is 214 Å². The summed E-state index contributed by atoms with van der Waals surface area (Å²) in [6.45, 7) is 2.52. The molecule has 8 heteroatoms. The normalized spacial score (nSPS) is 17.1. The van der Waals surface area contributed by atoms with Gasteiger partial charge in [-0.05, 0) is 35.4 Å². The standard InChI is InChI=1S/C28H28N4O3S/c1-3-22-25(27(34)35-2)26(18-9-5-4-6-10-18)32-20(17-36-28(32)31-22)15-24(33)29-14-13-19-16-30-23-12-8-7-11-21(19)23/h4-12,16-17,26,30H,3,13-15H2,1-2H3,(H,29,33)/t26-/m0/s1. The van der Waals surface area contributed by atoms with Crippen LogP contribution < -0.4 is 5.32 Å². The number of hydrogen-bond acceptors (Lipinski definition) is 6. The monoisotopic (exact) mass is 500 g/mol. The van der Waals surface area contributed by atoms with Crippen LogP contribution in [0.15, 0.2) is 88.2 Å². The average Bonchev–Trinajstić information content (AvgIpc) is 3.51. The van der Waals surface area contributed by atoms with E-state index < -0.39 is 12.0 Å². The molecule has 0 saturated heterocycles. The molecule has 2 aromatic carbocycles. The van der Waals surface area contributed by atoms with Crippen molar-refractivity contribution in [2.45, 2.75) is 32.2 Å². The van der Waals surface area contributed by atoms with Gasteiger partial charge in [0.2, 0.25) is 5.91 Å². The van der Waals surface area contributed by atoms with E-state index in [4.69, 9.17) is 9.73 Å². The number of thioether (sulfide) groups is 1. The van der Waals surface area contributed by atoms with Crippen molar-refractivity contribution < 1.29 is 14.3 Å². The van der Waals surface area contributed by atoms with Crippen molar-refractivity contribution >= 4 is 39.7 Å². The summed E-state index contributed by atoms with van der Waals surface area (Å²) in [7, 11) is 1.39. The maximum atomic E-state index is 13.0. The first-order valence-corrected chi connectivity index (χ1v) is 12.9. The molecule has 0 aliphatic carbocycles. The van der Waals surface area contributed by atoms with Crippen LogP contribution in [0.4, 0.5) is 0 Å². The van der Waals surface area contributed by atoms with E-state index in [1.54, 1.807) is 0 Å². The molecule has 0 radical (unpaired) electrons. The molecule has 0 unspecified atom stereocenters. The van der Waals surface area contributed by atoms with Gasteiger partial charge in [-0.15, -0.1) is 0 Å². The van der Waals surface area contributed by atoms with Crippen molar-refractivity contribution in [3.63, 3.8) is 0 Å². The molecule has 5 rings (SSSR count). The van der Waals surface area contributed by atoms with E-state index in [0.29, 0.717) is 24.2 Å². The van der Waals surface area contributed by atoms with Crippen molar-refractivity contribution in [3.8, 4) is 0 Å². The summed E-state index contributed by atoms with van der Waals surface area (Å²) in [6.07, 6.45) is 3.54. The van der Waals surface area contributed by atoms with Crippen LogP contribution >= 0.6 is 11.8 Å². The fourth-order valence-electron chi connectivity index (χ4n) is 4.77. The minimum atomic E-state index is -0.402. The van der Waals surface area contributed by atoms with Crippen LogP contribution in [0.2, 0.25) is 0 Å². The third-order valence-corrected chi connectivity index (χ3v) is 7.37. The number of amides is 1. The molecule has 2 aliphatic rings. The zero-order chi connectivity index (χ0) is 25.1. The third kappa shape index (κ3) is 4.56. The summed E-state index contributed by atoms with van der Waals surface area (Å²) in [5.74, 6) is -0.470. The summed E-state index contributed by atoms with van der Waals surface area (Å²) < 4.78 is 5.16. The van der Waals surface area contributed by atoms with Crippen molar-refractivity contribution in [3.05, 3.63) is 94.3 Å². The van der Waals surface area contributed by atoms with E-state index >= 15 is 0 Å². The number of benzene rings is 2. The average molecular weight is 501 g/mol. The zero-order valence-electron chi connectivity index (χ0n) is 20.3. The molecule has 3 heterocycles. The van der Waals surface area contributed by atoms with Crippen molar-refractivity contribution in [1.29, 1.82) is 0 Å². The lowest BCUT2D eigenvalue weighted by Crippen LogP contribution is -2.38. The number of methoxy groups -OCH3 is 1. The number of rotatable bonds is 8. The van der Waals surface area contributed by atoms with Gasteiger partial charge in [-0.25, -0.2) is 9.79 Å². The molecule has 2 N–H and O–H groups in total. The van der Waals surface area contributed by atoms with Gasteiger partial charge in [-0.3, -0.25) is 4.79 Å². The highest BCUT2D eigenvalue weighted by Gasteiger charge is 2.41. The maximum absolute atomic E-state index is 13.0. The van der Waals surface area contributed by atoms with E-state index in [1.807, 2.05) is 72.0 Å². The number of allylic oxidation sites excluding steroid dienone is 1. The predicted molar refractivity (Wildman–Crippen MR) is 143 cm³/mol. The molecule has 36 heavy (non-hydrogen) atoms. The molecule has 0 bridgehead atoms. The Morgan fingerprint density at radius 3 is 2.69 bits per heavy atom. The van der Waals surface area contributed by atoms with Gasteiger partial charge in [-0.1, -0.05) is 67.2 Å². The molecule has 0 fully saturated rings. The Balaban J connectivity index is 1.33. The van der Waals surface area contributed by atoms with E-state index in [9.17, 15) is 9.59 Å². The van der Waals surface area contributed by atoms with Crippen LogP contribution in [0.3, 0.4) is 0 Å². The SMILES string of the molecule is CCC1=C(C(=O)OC)[C@H](c2ccccc2)N2C(CC(=O)NCCc3c[nH]c4ccccc34)=CSC2=N1. The Morgan fingerprint density at radius 2 is 1.92 bits per heavy atom. The second kappa shape index (κ2) is 10.5. The number of hydrogen-bond donors (Lipinski definition) is 2. The van der Waals surface area contributed by atoms with Crippen LogP contribution in [0.25, 0.3) is 10.9 Å². The summed E-state index contributed by atoms with van der Waals surface area (Å²) >= 11 is 1.48. The van der Waals surface area contributed by atoms with Crippen molar-refractivity contribution in [1.82, 2.24) is 15.2 Å². The van der Waals surface area contributed by atoms with Crippen molar-refractivity contribution in [2.75, 3.05) is 13.7 Å². The number of esters is 1. The fraction of sp³-hybridized carbons (Fsp3) is 0.250.